The fourth-order valence-electron chi connectivity index (χ4n) is 2.00. The molecule has 0 amide bonds. The third kappa shape index (κ3) is 14.8. The zero-order valence-corrected chi connectivity index (χ0v) is 12.2. The van der Waals surface area contributed by atoms with Gasteiger partial charge in [0, 0.05) is 18.9 Å². The van der Waals surface area contributed by atoms with Gasteiger partial charge in [-0.1, -0.05) is 45.1 Å². The van der Waals surface area contributed by atoms with Crippen molar-refractivity contribution in [2.75, 3.05) is 0 Å². The molecular weight excluding hydrogens is 240 g/mol. The Balaban J connectivity index is 3.28. The number of carboxylic acid groups (broad SMARTS) is 1. The molecule has 0 unspecified atom stereocenters. The van der Waals surface area contributed by atoms with E-state index < -0.39 is 5.97 Å². The molecule has 0 spiro atoms. The van der Waals surface area contributed by atoms with E-state index in [9.17, 15) is 9.59 Å². The minimum Gasteiger partial charge on any atom is -0.478 e. The van der Waals surface area contributed by atoms with Crippen LogP contribution in [0.15, 0.2) is 12.2 Å². The van der Waals surface area contributed by atoms with E-state index in [-0.39, 0.29) is 0 Å². The summed E-state index contributed by atoms with van der Waals surface area (Å²) < 4.78 is 0. The number of carboxylic acids is 1. The van der Waals surface area contributed by atoms with Gasteiger partial charge in [-0.05, 0) is 25.7 Å². The van der Waals surface area contributed by atoms with E-state index in [0.29, 0.717) is 12.2 Å². The normalized spacial score (nSPS) is 11.0. The summed E-state index contributed by atoms with van der Waals surface area (Å²) in [5.41, 5.74) is 0. The molecule has 0 aliphatic heterocycles. The Hall–Kier alpha value is -1.12. The van der Waals surface area contributed by atoms with Crippen molar-refractivity contribution in [1.29, 1.82) is 0 Å². The highest BCUT2D eigenvalue weighted by molar-refractivity contribution is 5.79. The van der Waals surface area contributed by atoms with E-state index in [1.54, 1.807) is 6.08 Å². The van der Waals surface area contributed by atoms with Gasteiger partial charge in [-0.3, -0.25) is 4.79 Å². The van der Waals surface area contributed by atoms with Crippen molar-refractivity contribution in [2.24, 2.45) is 0 Å². The van der Waals surface area contributed by atoms with Gasteiger partial charge in [0.05, 0.1) is 0 Å². The van der Waals surface area contributed by atoms with Gasteiger partial charge in [-0.2, -0.15) is 0 Å². The molecule has 1 N–H and O–H groups in total. The van der Waals surface area contributed by atoms with Crippen molar-refractivity contribution >= 4 is 11.8 Å². The number of rotatable bonds is 13. The first-order valence-corrected chi connectivity index (χ1v) is 7.58. The van der Waals surface area contributed by atoms with Gasteiger partial charge in [0.2, 0.25) is 0 Å². The Bertz CT molecular complexity index is 269. The van der Waals surface area contributed by atoms with Crippen LogP contribution >= 0.6 is 0 Å². The van der Waals surface area contributed by atoms with Crippen LogP contribution in [0.5, 0.6) is 0 Å². The lowest BCUT2D eigenvalue weighted by Crippen LogP contribution is -1.97. The minimum absolute atomic E-state index is 0.359. The summed E-state index contributed by atoms with van der Waals surface area (Å²) in [4.78, 5) is 21.8. The van der Waals surface area contributed by atoms with Gasteiger partial charge in [0.1, 0.15) is 5.78 Å². The second kappa shape index (κ2) is 13.3. The van der Waals surface area contributed by atoms with Crippen LogP contribution < -0.4 is 0 Å². The van der Waals surface area contributed by atoms with Crippen molar-refractivity contribution in [3.05, 3.63) is 12.2 Å². The summed E-state index contributed by atoms with van der Waals surface area (Å²) in [7, 11) is 0. The number of aliphatic carboxylic acids is 1. The lowest BCUT2D eigenvalue weighted by Gasteiger charge is -2.01. The third-order valence-corrected chi connectivity index (χ3v) is 3.15. The van der Waals surface area contributed by atoms with Crippen molar-refractivity contribution in [1.82, 2.24) is 0 Å². The van der Waals surface area contributed by atoms with E-state index in [2.05, 4.69) is 6.92 Å². The van der Waals surface area contributed by atoms with Crippen LogP contribution in [0.1, 0.15) is 77.6 Å². The largest absolute Gasteiger partial charge is 0.478 e. The molecule has 0 aliphatic carbocycles. The number of carbonyl (C=O) groups excluding carboxylic acids is 1. The van der Waals surface area contributed by atoms with Crippen LogP contribution in [0.4, 0.5) is 0 Å². The molecule has 110 valence electrons. The van der Waals surface area contributed by atoms with E-state index >= 15 is 0 Å². The van der Waals surface area contributed by atoms with E-state index in [0.717, 1.165) is 38.2 Å². The standard InChI is InChI=1S/C16H28O3/c1-2-3-4-5-6-9-12-15(17)13-10-7-8-11-14-16(18)19/h11,14H,2-10,12-13H2,1H3,(H,18,19). The van der Waals surface area contributed by atoms with Crippen LogP contribution in [0.3, 0.4) is 0 Å². The van der Waals surface area contributed by atoms with E-state index in [1.165, 1.54) is 32.1 Å². The summed E-state index contributed by atoms with van der Waals surface area (Å²) in [6.07, 6.45) is 14.0. The molecule has 0 saturated carbocycles. The smallest absolute Gasteiger partial charge is 0.327 e. The Morgan fingerprint density at radius 1 is 0.895 bits per heavy atom. The van der Waals surface area contributed by atoms with Crippen LogP contribution in [0.2, 0.25) is 0 Å². The maximum absolute atomic E-state index is 11.6. The second-order valence-corrected chi connectivity index (χ2v) is 5.04. The molecule has 0 atom stereocenters. The van der Waals surface area contributed by atoms with Gasteiger partial charge in [0.15, 0.2) is 0 Å². The molecule has 19 heavy (non-hydrogen) atoms. The number of allylic oxidation sites excluding steroid dienone is 1. The zero-order chi connectivity index (χ0) is 14.3. The molecular formula is C16H28O3. The maximum Gasteiger partial charge on any atom is 0.327 e. The maximum atomic E-state index is 11.6. The summed E-state index contributed by atoms with van der Waals surface area (Å²) in [6, 6.07) is 0. The van der Waals surface area contributed by atoms with Crippen molar-refractivity contribution in [2.45, 2.75) is 77.6 Å². The van der Waals surface area contributed by atoms with E-state index in [4.69, 9.17) is 5.11 Å². The predicted octanol–water partition coefficient (Wildman–Crippen LogP) is 4.51. The summed E-state index contributed by atoms with van der Waals surface area (Å²) in [5.74, 6) is -0.545. The van der Waals surface area contributed by atoms with Gasteiger partial charge in [0.25, 0.3) is 0 Å². The third-order valence-electron chi connectivity index (χ3n) is 3.15. The SMILES string of the molecule is CCCCCCCCC(=O)CCCCC=CC(=O)O. The molecule has 0 aromatic carbocycles. The monoisotopic (exact) mass is 268 g/mol. The molecule has 3 heteroatoms. The predicted molar refractivity (Wildman–Crippen MR) is 78.2 cm³/mol. The number of hydrogen-bond acceptors (Lipinski definition) is 2. The van der Waals surface area contributed by atoms with Crippen molar-refractivity contribution in [3.63, 3.8) is 0 Å². The Morgan fingerprint density at radius 2 is 1.47 bits per heavy atom. The van der Waals surface area contributed by atoms with Crippen LogP contribution in [-0.2, 0) is 9.59 Å². The lowest BCUT2D eigenvalue weighted by atomic mass is 10.0. The molecule has 0 aromatic heterocycles. The van der Waals surface area contributed by atoms with Gasteiger partial charge < -0.3 is 5.11 Å². The molecule has 0 rings (SSSR count). The lowest BCUT2D eigenvalue weighted by molar-refractivity contribution is -0.131. The van der Waals surface area contributed by atoms with Gasteiger partial charge >= 0.3 is 5.97 Å². The summed E-state index contributed by atoms with van der Waals surface area (Å²) in [6.45, 7) is 2.20. The first kappa shape index (κ1) is 17.9. The van der Waals surface area contributed by atoms with Crippen LogP contribution in [0, 0.1) is 0 Å². The van der Waals surface area contributed by atoms with Crippen LogP contribution in [0.25, 0.3) is 0 Å². The molecule has 0 radical (unpaired) electrons. The first-order valence-electron chi connectivity index (χ1n) is 7.58. The first-order chi connectivity index (χ1) is 9.16. The van der Waals surface area contributed by atoms with Crippen molar-refractivity contribution in [3.8, 4) is 0 Å². The quantitative estimate of drug-likeness (QED) is 0.395. The van der Waals surface area contributed by atoms with Crippen molar-refractivity contribution < 1.29 is 14.7 Å². The fraction of sp³-hybridized carbons (Fsp3) is 0.750. The number of Topliss-reactive ketones (excluding diaryl/α,β-unsaturated/α-hetero) is 1. The highest BCUT2D eigenvalue weighted by Gasteiger charge is 2.01. The van der Waals surface area contributed by atoms with Gasteiger partial charge in [-0.25, -0.2) is 4.79 Å². The van der Waals surface area contributed by atoms with Crippen LogP contribution in [-0.4, -0.2) is 16.9 Å². The molecule has 3 nitrogen and oxygen atoms in total. The average Bonchev–Trinajstić information content (AvgIpc) is 2.37. The molecule has 0 fully saturated rings. The molecule has 0 saturated heterocycles. The molecule has 0 bridgehead atoms. The Morgan fingerprint density at radius 3 is 2.11 bits per heavy atom. The highest BCUT2D eigenvalue weighted by Crippen LogP contribution is 2.09. The van der Waals surface area contributed by atoms with E-state index in [1.807, 2.05) is 0 Å². The Kier molecular flexibility index (Phi) is 12.5. The summed E-state index contributed by atoms with van der Waals surface area (Å²) in [5, 5.41) is 8.39. The topological polar surface area (TPSA) is 54.4 Å². The molecule has 0 aliphatic rings. The molecule has 0 aromatic rings. The van der Waals surface area contributed by atoms with Gasteiger partial charge in [-0.15, -0.1) is 0 Å². The molecule has 0 heterocycles. The number of carbonyl (C=O) groups is 2. The second-order valence-electron chi connectivity index (χ2n) is 5.04. The minimum atomic E-state index is -0.904. The zero-order valence-electron chi connectivity index (χ0n) is 12.2. The average molecular weight is 268 g/mol. The Labute approximate surface area is 117 Å². The fourth-order valence-corrected chi connectivity index (χ4v) is 2.00. The number of hydrogen-bond donors (Lipinski definition) is 1. The highest BCUT2D eigenvalue weighted by atomic mass is 16.4. The summed E-state index contributed by atoms with van der Waals surface area (Å²) >= 11 is 0. The number of ketones is 1. The number of unbranched alkanes of at least 4 members (excludes halogenated alkanes) is 7.